The summed E-state index contributed by atoms with van der Waals surface area (Å²) >= 11 is 7.15. The van der Waals surface area contributed by atoms with Crippen molar-refractivity contribution >= 4 is 35.0 Å². The molecular weight excluding hydrogens is 446 g/mol. The van der Waals surface area contributed by atoms with E-state index in [1.54, 1.807) is 17.0 Å². The number of halogens is 1. The van der Waals surface area contributed by atoms with Gasteiger partial charge in [-0.3, -0.25) is 9.69 Å². The van der Waals surface area contributed by atoms with E-state index in [1.807, 2.05) is 66.7 Å². The van der Waals surface area contributed by atoms with Gasteiger partial charge in [0.15, 0.2) is 0 Å². The van der Waals surface area contributed by atoms with Crippen molar-refractivity contribution in [3.05, 3.63) is 89.4 Å². The van der Waals surface area contributed by atoms with Gasteiger partial charge in [0.05, 0.1) is 17.5 Å². The molecule has 4 aromatic rings. The van der Waals surface area contributed by atoms with Crippen molar-refractivity contribution in [2.75, 3.05) is 17.3 Å². The number of carbonyl (C=O) groups excluding carboxylic acids is 1. The monoisotopic (exact) mass is 463 g/mol. The topological polar surface area (TPSA) is 68.5 Å². The lowest BCUT2D eigenvalue weighted by Gasteiger charge is -2.37. The van der Waals surface area contributed by atoms with Gasteiger partial charge < -0.3 is 9.15 Å². The number of para-hydroxylation sites is 2. The lowest BCUT2D eigenvalue weighted by atomic mass is 10.0. The van der Waals surface area contributed by atoms with Crippen LogP contribution in [0.2, 0.25) is 5.02 Å². The van der Waals surface area contributed by atoms with Crippen LogP contribution in [0.4, 0.5) is 5.69 Å². The van der Waals surface area contributed by atoms with Crippen LogP contribution in [0.3, 0.4) is 0 Å². The number of carbonyl (C=O) groups is 1. The molecule has 1 amide bonds. The highest BCUT2D eigenvalue weighted by molar-refractivity contribution is 7.99. The molecule has 1 aliphatic rings. The van der Waals surface area contributed by atoms with Crippen LogP contribution in [0.5, 0.6) is 5.75 Å². The molecule has 160 valence electrons. The molecule has 5 rings (SSSR count). The van der Waals surface area contributed by atoms with Gasteiger partial charge in [-0.1, -0.05) is 65.8 Å². The largest absolute Gasteiger partial charge is 0.489 e. The predicted octanol–water partition coefficient (Wildman–Crippen LogP) is 5.65. The van der Waals surface area contributed by atoms with Crippen LogP contribution in [0.25, 0.3) is 11.5 Å². The van der Waals surface area contributed by atoms with Crippen LogP contribution in [0.15, 0.2) is 88.5 Å². The van der Waals surface area contributed by atoms with E-state index in [4.69, 9.17) is 20.8 Å². The maximum Gasteiger partial charge on any atom is 0.277 e. The van der Waals surface area contributed by atoms with Crippen molar-refractivity contribution in [3.8, 4) is 17.2 Å². The van der Waals surface area contributed by atoms with E-state index in [0.29, 0.717) is 28.5 Å². The number of anilines is 1. The minimum atomic E-state index is -0.216. The summed E-state index contributed by atoms with van der Waals surface area (Å²) in [5.74, 6) is 1.17. The number of hydrogen-bond acceptors (Lipinski definition) is 6. The second-order valence-electron chi connectivity index (χ2n) is 7.14. The SMILES string of the molecule is O=C(CSc1nnc(-c2ccc(Cl)cc2)o1)N1c2ccccc2OC[C@@H]1c1ccccc1. The average Bonchev–Trinajstić information content (AvgIpc) is 3.32. The molecule has 1 aliphatic heterocycles. The minimum Gasteiger partial charge on any atom is -0.489 e. The van der Waals surface area contributed by atoms with E-state index in [0.717, 1.165) is 16.8 Å². The number of fused-ring (bicyclic) bond motifs is 1. The summed E-state index contributed by atoms with van der Waals surface area (Å²) in [6, 6.07) is 24.4. The molecule has 0 spiro atoms. The summed E-state index contributed by atoms with van der Waals surface area (Å²) in [6.07, 6.45) is 0. The van der Waals surface area contributed by atoms with Gasteiger partial charge >= 0.3 is 0 Å². The zero-order valence-corrected chi connectivity index (χ0v) is 18.4. The third kappa shape index (κ3) is 4.22. The molecule has 6 nitrogen and oxygen atoms in total. The predicted molar refractivity (Wildman–Crippen MR) is 124 cm³/mol. The van der Waals surface area contributed by atoms with Gasteiger partial charge in [0.2, 0.25) is 11.8 Å². The van der Waals surface area contributed by atoms with E-state index >= 15 is 0 Å². The Morgan fingerprint density at radius 1 is 1.00 bits per heavy atom. The van der Waals surface area contributed by atoms with Crippen LogP contribution >= 0.6 is 23.4 Å². The van der Waals surface area contributed by atoms with Crippen molar-refractivity contribution in [3.63, 3.8) is 0 Å². The molecule has 0 radical (unpaired) electrons. The second kappa shape index (κ2) is 9.06. The molecule has 32 heavy (non-hydrogen) atoms. The van der Waals surface area contributed by atoms with Crippen molar-refractivity contribution in [1.82, 2.24) is 10.2 Å². The fourth-order valence-corrected chi connectivity index (χ4v) is 4.34. The Labute approximate surface area is 194 Å². The first-order valence-corrected chi connectivity index (χ1v) is 11.4. The van der Waals surface area contributed by atoms with Crippen molar-refractivity contribution in [1.29, 1.82) is 0 Å². The summed E-state index contributed by atoms with van der Waals surface area (Å²) in [4.78, 5) is 15.2. The van der Waals surface area contributed by atoms with Gasteiger partial charge in [0.1, 0.15) is 12.4 Å². The number of nitrogens with zero attached hydrogens (tertiary/aromatic N) is 3. The number of rotatable bonds is 5. The van der Waals surface area contributed by atoms with E-state index in [-0.39, 0.29) is 17.7 Å². The van der Waals surface area contributed by atoms with Crippen LogP contribution in [-0.4, -0.2) is 28.5 Å². The van der Waals surface area contributed by atoms with Gasteiger partial charge in [-0.15, -0.1) is 10.2 Å². The quantitative estimate of drug-likeness (QED) is 0.356. The van der Waals surface area contributed by atoms with Crippen molar-refractivity contribution < 1.29 is 13.9 Å². The number of thioether (sulfide) groups is 1. The van der Waals surface area contributed by atoms with E-state index in [1.165, 1.54) is 11.8 Å². The third-order valence-electron chi connectivity index (χ3n) is 5.10. The summed E-state index contributed by atoms with van der Waals surface area (Å²) in [7, 11) is 0. The minimum absolute atomic E-state index is 0.0640. The molecule has 1 aromatic heterocycles. The lowest BCUT2D eigenvalue weighted by Crippen LogP contribution is -2.42. The third-order valence-corrected chi connectivity index (χ3v) is 6.16. The fraction of sp³-hybridized carbons (Fsp3) is 0.125. The maximum atomic E-state index is 13.4. The molecule has 1 atom stereocenters. The Hall–Kier alpha value is -3.29. The standard InChI is InChI=1S/C24H18ClN3O3S/c25-18-12-10-17(11-13-18)23-26-27-24(31-23)32-15-22(29)28-19-8-4-5-9-21(19)30-14-20(28)16-6-2-1-3-7-16/h1-13,20H,14-15H2/t20-/m1/s1. The van der Waals surface area contributed by atoms with Crippen LogP contribution in [-0.2, 0) is 4.79 Å². The van der Waals surface area contributed by atoms with Crippen LogP contribution in [0.1, 0.15) is 11.6 Å². The van der Waals surface area contributed by atoms with Gasteiger partial charge in [-0.25, -0.2) is 0 Å². The zero-order valence-electron chi connectivity index (χ0n) is 16.8. The number of amides is 1. The Morgan fingerprint density at radius 2 is 1.75 bits per heavy atom. The van der Waals surface area contributed by atoms with Gasteiger partial charge in [0.25, 0.3) is 5.22 Å². The highest BCUT2D eigenvalue weighted by Gasteiger charge is 2.33. The molecule has 0 aliphatic carbocycles. The molecular formula is C24H18ClN3O3S. The van der Waals surface area contributed by atoms with Gasteiger partial charge in [0, 0.05) is 10.6 Å². The summed E-state index contributed by atoms with van der Waals surface area (Å²) in [5.41, 5.74) is 2.54. The molecule has 8 heteroatoms. The van der Waals surface area contributed by atoms with Crippen LogP contribution < -0.4 is 9.64 Å². The molecule has 0 saturated heterocycles. The van der Waals surface area contributed by atoms with Gasteiger partial charge in [-0.2, -0.15) is 0 Å². The summed E-state index contributed by atoms with van der Waals surface area (Å²) < 4.78 is 11.7. The first-order chi connectivity index (χ1) is 15.7. The molecule has 0 fully saturated rings. The molecule has 2 heterocycles. The number of benzene rings is 3. The van der Waals surface area contributed by atoms with E-state index < -0.39 is 0 Å². The number of aromatic nitrogens is 2. The lowest BCUT2D eigenvalue weighted by molar-refractivity contribution is -0.117. The Morgan fingerprint density at radius 3 is 2.56 bits per heavy atom. The van der Waals surface area contributed by atoms with Crippen molar-refractivity contribution in [2.24, 2.45) is 0 Å². The first-order valence-electron chi connectivity index (χ1n) is 10.00. The summed E-state index contributed by atoms with van der Waals surface area (Å²) in [5, 5.41) is 9.12. The van der Waals surface area contributed by atoms with E-state index in [2.05, 4.69) is 10.2 Å². The molecule has 0 saturated carbocycles. The molecule has 0 unspecified atom stereocenters. The van der Waals surface area contributed by atoms with Gasteiger partial charge in [-0.05, 0) is 42.0 Å². The molecule has 3 aromatic carbocycles. The second-order valence-corrected chi connectivity index (χ2v) is 8.50. The summed E-state index contributed by atoms with van der Waals surface area (Å²) in [6.45, 7) is 0.388. The number of ether oxygens (including phenoxy) is 1. The average molecular weight is 464 g/mol. The zero-order chi connectivity index (χ0) is 21.9. The van der Waals surface area contributed by atoms with Crippen molar-refractivity contribution in [2.45, 2.75) is 11.3 Å². The van der Waals surface area contributed by atoms with Crippen LogP contribution in [0, 0.1) is 0 Å². The Kier molecular flexibility index (Phi) is 5.83. The smallest absolute Gasteiger partial charge is 0.277 e. The highest BCUT2D eigenvalue weighted by Crippen LogP contribution is 2.40. The number of hydrogen-bond donors (Lipinski definition) is 0. The molecule has 0 N–H and O–H groups in total. The highest BCUT2D eigenvalue weighted by atomic mass is 35.5. The van der Waals surface area contributed by atoms with E-state index in [9.17, 15) is 4.79 Å². The normalized spacial score (nSPS) is 15.2. The molecule has 0 bridgehead atoms. The maximum absolute atomic E-state index is 13.4. The Bertz CT molecular complexity index is 1230. The first kappa shape index (κ1) is 20.6. The fourth-order valence-electron chi connectivity index (χ4n) is 3.59. The Balaban J connectivity index is 1.36.